The van der Waals surface area contributed by atoms with E-state index in [2.05, 4.69) is 4.98 Å². The van der Waals surface area contributed by atoms with E-state index in [1.54, 1.807) is 11.9 Å². The van der Waals surface area contributed by atoms with Gasteiger partial charge in [0.2, 0.25) is 0 Å². The number of aromatic carboxylic acids is 1. The molecule has 1 aromatic rings. The summed E-state index contributed by atoms with van der Waals surface area (Å²) in [6.07, 6.45) is 0. The van der Waals surface area contributed by atoms with Crippen LogP contribution in [0.15, 0.2) is 5.38 Å². The third-order valence-corrected chi connectivity index (χ3v) is 3.23. The Morgan fingerprint density at radius 3 is 2.65 bits per heavy atom. The number of thiazole rings is 1. The maximum absolute atomic E-state index is 10.7. The predicted octanol–water partition coefficient (Wildman–Crippen LogP) is 0.961. The van der Waals surface area contributed by atoms with Crippen LogP contribution < -0.4 is 0 Å². The van der Waals surface area contributed by atoms with Crippen molar-refractivity contribution in [3.8, 4) is 0 Å². The Balaban J connectivity index is 2.59. The highest BCUT2D eigenvalue weighted by atomic mass is 32.1. The lowest BCUT2D eigenvalue weighted by molar-refractivity contribution is -0.138. The number of rotatable bonds is 6. The molecule has 1 unspecified atom stereocenters. The number of carbonyl (C=O) groups is 2. The molecule has 0 aromatic carbocycles. The van der Waals surface area contributed by atoms with Crippen molar-refractivity contribution < 1.29 is 19.8 Å². The fraction of sp³-hybridized carbons (Fsp3) is 0.500. The molecular weight excluding hydrogens is 244 g/mol. The van der Waals surface area contributed by atoms with Crippen LogP contribution in [-0.4, -0.2) is 52.2 Å². The van der Waals surface area contributed by atoms with Crippen molar-refractivity contribution in [3.05, 3.63) is 16.1 Å². The lowest BCUT2D eigenvalue weighted by Gasteiger charge is -2.17. The fourth-order valence-corrected chi connectivity index (χ4v) is 2.30. The molecule has 1 aromatic heterocycles. The summed E-state index contributed by atoms with van der Waals surface area (Å²) < 4.78 is 0. The van der Waals surface area contributed by atoms with Crippen molar-refractivity contribution in [1.82, 2.24) is 9.88 Å². The first-order chi connectivity index (χ1) is 7.90. The minimum Gasteiger partial charge on any atom is -0.480 e. The van der Waals surface area contributed by atoms with Crippen LogP contribution in [0.25, 0.3) is 0 Å². The maximum Gasteiger partial charge on any atom is 0.355 e. The Morgan fingerprint density at radius 1 is 1.53 bits per heavy atom. The van der Waals surface area contributed by atoms with Crippen molar-refractivity contribution >= 4 is 23.3 Å². The summed E-state index contributed by atoms with van der Waals surface area (Å²) in [5.41, 5.74) is 0.0396. The normalized spacial score (nSPS) is 12.6. The van der Waals surface area contributed by atoms with Gasteiger partial charge in [0.25, 0.3) is 0 Å². The largest absolute Gasteiger partial charge is 0.480 e. The third-order valence-electron chi connectivity index (χ3n) is 2.15. The minimum atomic E-state index is -1.04. The van der Waals surface area contributed by atoms with Gasteiger partial charge >= 0.3 is 11.9 Å². The van der Waals surface area contributed by atoms with Crippen LogP contribution in [0.4, 0.5) is 0 Å². The zero-order valence-corrected chi connectivity index (χ0v) is 10.4. The molecule has 0 fully saturated rings. The number of carboxylic acid groups (broad SMARTS) is 2. The average molecular weight is 258 g/mol. The zero-order valence-electron chi connectivity index (χ0n) is 9.58. The van der Waals surface area contributed by atoms with E-state index < -0.39 is 11.9 Å². The van der Waals surface area contributed by atoms with Crippen LogP contribution in [-0.2, 0) is 4.79 Å². The van der Waals surface area contributed by atoms with Gasteiger partial charge in [-0.2, -0.15) is 0 Å². The molecule has 0 aliphatic heterocycles. The van der Waals surface area contributed by atoms with Crippen LogP contribution >= 0.6 is 11.3 Å². The van der Waals surface area contributed by atoms with E-state index in [0.29, 0.717) is 11.6 Å². The van der Waals surface area contributed by atoms with Gasteiger partial charge in [-0.25, -0.2) is 9.78 Å². The van der Waals surface area contributed by atoms with Crippen LogP contribution in [0.1, 0.15) is 28.3 Å². The number of carboxylic acids is 2. The van der Waals surface area contributed by atoms with Gasteiger partial charge in [0.05, 0.1) is 11.6 Å². The van der Waals surface area contributed by atoms with E-state index in [1.807, 2.05) is 6.92 Å². The lowest BCUT2D eigenvalue weighted by Crippen LogP contribution is -2.29. The highest BCUT2D eigenvalue weighted by Gasteiger charge is 2.16. The van der Waals surface area contributed by atoms with Crippen molar-refractivity contribution in [2.75, 3.05) is 20.1 Å². The summed E-state index contributed by atoms with van der Waals surface area (Å²) in [7, 11) is 1.70. The molecule has 6 nitrogen and oxygen atoms in total. The molecule has 0 aliphatic rings. The summed E-state index contributed by atoms with van der Waals surface area (Å²) in [6, 6.07) is 0. The van der Waals surface area contributed by atoms with E-state index >= 15 is 0 Å². The van der Waals surface area contributed by atoms with E-state index in [1.165, 1.54) is 16.7 Å². The highest BCUT2D eigenvalue weighted by molar-refractivity contribution is 7.09. The van der Waals surface area contributed by atoms with E-state index in [9.17, 15) is 9.59 Å². The fourth-order valence-electron chi connectivity index (χ4n) is 1.45. The van der Waals surface area contributed by atoms with Gasteiger partial charge in [-0.3, -0.25) is 9.69 Å². The smallest absolute Gasteiger partial charge is 0.355 e. The molecule has 0 radical (unpaired) electrons. The number of aliphatic carboxylic acids is 1. The second-order valence-corrected chi connectivity index (χ2v) is 4.76. The summed E-state index contributed by atoms with van der Waals surface area (Å²) in [4.78, 5) is 26.8. The van der Waals surface area contributed by atoms with Crippen LogP contribution in [0.2, 0.25) is 0 Å². The highest BCUT2D eigenvalue weighted by Crippen LogP contribution is 2.20. The summed E-state index contributed by atoms with van der Waals surface area (Å²) in [6.45, 7) is 2.38. The number of hydrogen-bond donors (Lipinski definition) is 2. The van der Waals surface area contributed by atoms with Gasteiger partial charge in [0, 0.05) is 17.8 Å². The van der Waals surface area contributed by atoms with Crippen molar-refractivity contribution in [2.45, 2.75) is 12.8 Å². The van der Waals surface area contributed by atoms with Crippen molar-refractivity contribution in [3.63, 3.8) is 0 Å². The molecule has 0 spiro atoms. The monoisotopic (exact) mass is 258 g/mol. The second kappa shape index (κ2) is 5.74. The maximum atomic E-state index is 10.7. The third kappa shape index (κ3) is 4.12. The molecule has 1 rings (SSSR count). The number of hydrogen-bond acceptors (Lipinski definition) is 5. The molecule has 94 valence electrons. The number of nitrogens with zero attached hydrogens (tertiary/aromatic N) is 2. The first-order valence-corrected chi connectivity index (χ1v) is 5.87. The van der Waals surface area contributed by atoms with Gasteiger partial charge < -0.3 is 10.2 Å². The molecule has 0 aliphatic carbocycles. The molecule has 17 heavy (non-hydrogen) atoms. The molecule has 2 N–H and O–H groups in total. The number of aromatic nitrogens is 1. The van der Waals surface area contributed by atoms with Crippen molar-refractivity contribution in [1.29, 1.82) is 0 Å². The van der Waals surface area contributed by atoms with Gasteiger partial charge in [-0.1, -0.05) is 6.92 Å². The van der Waals surface area contributed by atoms with Crippen LogP contribution in [0.5, 0.6) is 0 Å². The average Bonchev–Trinajstić information content (AvgIpc) is 2.64. The molecule has 0 saturated heterocycles. The van der Waals surface area contributed by atoms with E-state index in [-0.39, 0.29) is 18.2 Å². The van der Waals surface area contributed by atoms with E-state index in [0.717, 1.165) is 0 Å². The Labute approximate surface area is 103 Å². The minimum absolute atomic E-state index is 0.0115. The standard InChI is InChI=1S/C10H14N2O4S/c1-6(3-12(2)4-8(13)14)9-11-7(5-17-9)10(15)16/h5-6H,3-4H2,1-2H3,(H,13,14)(H,15,16). The summed E-state index contributed by atoms with van der Waals surface area (Å²) in [5.74, 6) is -1.92. The van der Waals surface area contributed by atoms with Gasteiger partial charge in [0.15, 0.2) is 5.69 Å². The molecule has 1 heterocycles. The predicted molar refractivity (Wildman–Crippen MR) is 62.6 cm³/mol. The van der Waals surface area contributed by atoms with Gasteiger partial charge in [0.1, 0.15) is 0 Å². The van der Waals surface area contributed by atoms with Gasteiger partial charge in [-0.05, 0) is 7.05 Å². The Hall–Kier alpha value is -1.47. The number of likely N-dealkylation sites (N-methyl/N-ethyl adjacent to an activating group) is 1. The second-order valence-electron chi connectivity index (χ2n) is 3.87. The van der Waals surface area contributed by atoms with Crippen molar-refractivity contribution in [2.24, 2.45) is 0 Å². The zero-order chi connectivity index (χ0) is 13.0. The van der Waals surface area contributed by atoms with Gasteiger partial charge in [-0.15, -0.1) is 11.3 Å². The lowest BCUT2D eigenvalue weighted by atomic mass is 10.2. The quantitative estimate of drug-likeness (QED) is 0.789. The molecule has 7 heteroatoms. The Morgan fingerprint density at radius 2 is 2.18 bits per heavy atom. The molecule has 0 amide bonds. The molecular formula is C10H14N2O4S. The Bertz CT molecular complexity index is 418. The SMILES string of the molecule is CC(CN(C)CC(=O)O)c1nc(C(=O)O)cs1. The molecule has 0 saturated carbocycles. The first-order valence-electron chi connectivity index (χ1n) is 4.99. The Kier molecular flexibility index (Phi) is 4.59. The van der Waals surface area contributed by atoms with Crippen LogP contribution in [0.3, 0.4) is 0 Å². The molecule has 1 atom stereocenters. The topological polar surface area (TPSA) is 90.7 Å². The van der Waals surface area contributed by atoms with Crippen LogP contribution in [0, 0.1) is 0 Å². The summed E-state index contributed by atoms with van der Waals surface area (Å²) in [5, 5.41) is 19.5. The first kappa shape index (κ1) is 13.6. The summed E-state index contributed by atoms with van der Waals surface area (Å²) >= 11 is 1.28. The van der Waals surface area contributed by atoms with E-state index in [4.69, 9.17) is 10.2 Å². The molecule has 0 bridgehead atoms.